The normalized spacial score (nSPS) is 25.9. The summed E-state index contributed by atoms with van der Waals surface area (Å²) >= 11 is 0. The van der Waals surface area contributed by atoms with Crippen molar-refractivity contribution >= 4 is 17.4 Å². The fraction of sp³-hybridized carbons (Fsp3) is 1.00. The molecule has 1 aliphatic heterocycles. The van der Waals surface area contributed by atoms with Crippen LogP contribution < -0.4 is 0 Å². The summed E-state index contributed by atoms with van der Waals surface area (Å²) in [5.74, 6) is -0.924. The second kappa shape index (κ2) is 3.90. The Morgan fingerprint density at radius 1 is 1.29 bits per heavy atom. The van der Waals surface area contributed by atoms with Crippen molar-refractivity contribution in [2.45, 2.75) is 12.7 Å². The van der Waals surface area contributed by atoms with E-state index >= 15 is 0 Å². The molecule has 0 radical (unpaired) electrons. The molecule has 0 aromatic rings. The first-order valence-electron chi connectivity index (χ1n) is 4.22. The van der Waals surface area contributed by atoms with E-state index in [1.807, 2.05) is 0 Å². The predicted molar refractivity (Wildman–Crippen MR) is 51.7 cm³/mol. The Labute approximate surface area is 83.0 Å². The van der Waals surface area contributed by atoms with Crippen LogP contribution in [0.4, 0.5) is 0 Å². The van der Waals surface area contributed by atoms with Crippen molar-refractivity contribution < 1.29 is 22.8 Å². The van der Waals surface area contributed by atoms with Crippen molar-refractivity contribution in [1.29, 1.82) is 0 Å². The van der Waals surface area contributed by atoms with E-state index in [0.29, 0.717) is 0 Å². The molecular weight excluding hydrogens is 229 g/mol. The summed E-state index contributed by atoms with van der Waals surface area (Å²) < 4.78 is 33.0. The molecule has 8 heteroatoms. The number of hydrogen-bond donors (Lipinski definition) is 2. The Bertz CT molecular complexity index is 333. The van der Waals surface area contributed by atoms with Crippen LogP contribution in [0.15, 0.2) is 0 Å². The molecule has 0 unspecified atom stereocenters. The third-order valence-corrected chi connectivity index (χ3v) is 5.30. The first-order chi connectivity index (χ1) is 6.22. The zero-order chi connectivity index (χ0) is 11.0. The molecule has 0 spiro atoms. The monoisotopic (exact) mass is 243 g/mol. The molecule has 2 N–H and O–H groups in total. The maximum absolute atomic E-state index is 11.0. The van der Waals surface area contributed by atoms with Gasteiger partial charge in [0.2, 0.25) is 0 Å². The van der Waals surface area contributed by atoms with E-state index in [4.69, 9.17) is 9.79 Å². The predicted octanol–water partition coefficient (Wildman–Crippen LogP) is -0.759. The minimum atomic E-state index is -4.14. The van der Waals surface area contributed by atoms with Crippen LogP contribution in [0.25, 0.3) is 0 Å². The van der Waals surface area contributed by atoms with Crippen molar-refractivity contribution in [2.24, 2.45) is 0 Å². The third kappa shape index (κ3) is 3.03. The maximum atomic E-state index is 11.0. The van der Waals surface area contributed by atoms with Gasteiger partial charge in [-0.25, -0.2) is 8.42 Å². The summed E-state index contributed by atoms with van der Waals surface area (Å²) in [6.45, 7) is 1.82. The van der Waals surface area contributed by atoms with Gasteiger partial charge in [-0.2, -0.15) is 0 Å². The maximum Gasteiger partial charge on any atom is 0.342 e. The first kappa shape index (κ1) is 12.1. The molecule has 0 aromatic heterocycles. The lowest BCUT2D eigenvalue weighted by atomic mass is 10.5. The summed E-state index contributed by atoms with van der Waals surface area (Å²) in [6.07, 6.45) is 0. The summed E-state index contributed by atoms with van der Waals surface area (Å²) in [7, 11) is -7.13. The quantitative estimate of drug-likeness (QED) is 0.619. The van der Waals surface area contributed by atoms with Crippen LogP contribution in [0, 0.1) is 0 Å². The average molecular weight is 243 g/mol. The highest BCUT2D eigenvalue weighted by atomic mass is 32.2. The molecule has 84 valence electrons. The first-order valence-corrected chi connectivity index (χ1v) is 7.72. The van der Waals surface area contributed by atoms with Gasteiger partial charge in [0.25, 0.3) is 0 Å². The molecule has 0 aliphatic carbocycles. The lowest BCUT2D eigenvalue weighted by molar-refractivity contribution is 0.237. The van der Waals surface area contributed by atoms with Crippen molar-refractivity contribution in [2.75, 3.05) is 24.6 Å². The van der Waals surface area contributed by atoms with Gasteiger partial charge in [-0.05, 0) is 6.92 Å². The second-order valence-electron chi connectivity index (χ2n) is 3.41. The highest BCUT2D eigenvalue weighted by molar-refractivity contribution is 7.91. The molecule has 6 nitrogen and oxygen atoms in total. The van der Waals surface area contributed by atoms with Gasteiger partial charge in [0.15, 0.2) is 9.84 Å². The van der Waals surface area contributed by atoms with Crippen molar-refractivity contribution in [3.8, 4) is 0 Å². The van der Waals surface area contributed by atoms with Crippen LogP contribution >= 0.6 is 7.60 Å². The molecule has 1 rings (SSSR count). The summed E-state index contributed by atoms with van der Waals surface area (Å²) in [6, 6.07) is 0. The molecule has 1 saturated heterocycles. The summed E-state index contributed by atoms with van der Waals surface area (Å²) in [5.41, 5.74) is 0. The fourth-order valence-corrected chi connectivity index (χ4v) is 3.20. The van der Waals surface area contributed by atoms with Gasteiger partial charge in [-0.3, -0.25) is 9.46 Å². The van der Waals surface area contributed by atoms with Crippen LogP contribution in [-0.4, -0.2) is 53.5 Å². The van der Waals surface area contributed by atoms with Gasteiger partial charge in [-0.1, -0.05) is 0 Å². The van der Waals surface area contributed by atoms with Gasteiger partial charge >= 0.3 is 7.60 Å². The van der Waals surface area contributed by atoms with E-state index in [2.05, 4.69) is 0 Å². The zero-order valence-corrected chi connectivity index (χ0v) is 9.54. The summed E-state index contributed by atoms with van der Waals surface area (Å²) in [5, 5.41) is 0. The largest absolute Gasteiger partial charge is 0.342 e. The van der Waals surface area contributed by atoms with E-state index in [9.17, 15) is 13.0 Å². The molecule has 0 amide bonds. The molecular formula is C6H14NO5PS. The van der Waals surface area contributed by atoms with Gasteiger partial charge in [-0.15, -0.1) is 0 Å². The Morgan fingerprint density at radius 3 is 2.07 bits per heavy atom. The number of rotatable bonds is 2. The Kier molecular flexibility index (Phi) is 3.38. The van der Waals surface area contributed by atoms with Crippen LogP contribution in [-0.2, 0) is 14.4 Å². The van der Waals surface area contributed by atoms with E-state index in [1.54, 1.807) is 0 Å². The second-order valence-corrected chi connectivity index (χ2v) is 7.64. The Hall–Kier alpha value is 0.0600. The molecule has 14 heavy (non-hydrogen) atoms. The lowest BCUT2D eigenvalue weighted by Crippen LogP contribution is -2.44. The molecule has 0 bridgehead atoms. The van der Waals surface area contributed by atoms with Gasteiger partial charge in [0.05, 0.1) is 11.5 Å². The smallest absolute Gasteiger partial charge is 0.323 e. The standard InChI is InChI=1S/C6H14NO5PS/c1-6(13(8,9)10)7-2-4-14(11,12)5-3-7/h6H,2-5H2,1H3,(H2,8,9,10)/t6-/m1/s1. The number of nitrogens with zero attached hydrogens (tertiary/aromatic N) is 1. The van der Waals surface area contributed by atoms with E-state index in [0.717, 1.165) is 0 Å². The van der Waals surface area contributed by atoms with Gasteiger partial charge in [0, 0.05) is 13.1 Å². The van der Waals surface area contributed by atoms with Crippen LogP contribution in [0.3, 0.4) is 0 Å². The molecule has 0 aromatic carbocycles. The molecule has 1 fully saturated rings. The molecule has 1 atom stereocenters. The zero-order valence-electron chi connectivity index (χ0n) is 7.83. The molecule has 1 aliphatic rings. The van der Waals surface area contributed by atoms with Crippen LogP contribution in [0.2, 0.25) is 0 Å². The van der Waals surface area contributed by atoms with E-state index < -0.39 is 23.2 Å². The lowest BCUT2D eigenvalue weighted by Gasteiger charge is -2.32. The van der Waals surface area contributed by atoms with Crippen molar-refractivity contribution in [1.82, 2.24) is 4.90 Å². The Morgan fingerprint density at radius 2 is 1.71 bits per heavy atom. The van der Waals surface area contributed by atoms with Crippen molar-refractivity contribution in [3.63, 3.8) is 0 Å². The van der Waals surface area contributed by atoms with E-state index in [-0.39, 0.29) is 24.6 Å². The fourth-order valence-electron chi connectivity index (χ4n) is 1.31. The highest BCUT2D eigenvalue weighted by Crippen LogP contribution is 2.42. The minimum Gasteiger partial charge on any atom is -0.323 e. The van der Waals surface area contributed by atoms with Gasteiger partial charge < -0.3 is 9.79 Å². The number of sulfone groups is 1. The van der Waals surface area contributed by atoms with Gasteiger partial charge in [0.1, 0.15) is 5.78 Å². The third-order valence-electron chi connectivity index (χ3n) is 2.39. The Balaban J connectivity index is 2.63. The minimum absolute atomic E-state index is 0.0165. The average Bonchev–Trinajstić information content (AvgIpc) is 2.01. The summed E-state index contributed by atoms with van der Waals surface area (Å²) in [4.78, 5) is 19.3. The highest BCUT2D eigenvalue weighted by Gasteiger charge is 2.33. The van der Waals surface area contributed by atoms with Crippen molar-refractivity contribution in [3.05, 3.63) is 0 Å². The van der Waals surface area contributed by atoms with E-state index in [1.165, 1.54) is 11.8 Å². The SMILES string of the molecule is C[C@H](N1CCS(=O)(=O)CC1)P(=O)(O)O. The number of hydrogen-bond acceptors (Lipinski definition) is 4. The topological polar surface area (TPSA) is 94.9 Å². The molecule has 1 heterocycles. The van der Waals surface area contributed by atoms with Crippen LogP contribution in [0.1, 0.15) is 6.92 Å². The van der Waals surface area contributed by atoms with Crippen LogP contribution in [0.5, 0.6) is 0 Å². The molecule has 0 saturated carbocycles.